The molecule has 4 rings (SSSR count). The lowest BCUT2D eigenvalue weighted by molar-refractivity contribution is -0.153. The van der Waals surface area contributed by atoms with E-state index < -0.39 is 5.41 Å². The van der Waals surface area contributed by atoms with Crippen LogP contribution in [0.25, 0.3) is 0 Å². The average molecular weight is 402 g/mol. The number of esters is 1. The molecule has 3 fully saturated rings. The minimum Gasteiger partial charge on any atom is -0.497 e. The number of likely N-dealkylation sites (tertiary alicyclic amines) is 1. The average Bonchev–Trinajstić information content (AvgIpc) is 3.04. The molecule has 3 aliphatic rings. The molecule has 1 atom stereocenters. The van der Waals surface area contributed by atoms with Crippen molar-refractivity contribution in [2.75, 3.05) is 53.0 Å². The topological polar surface area (TPSA) is 68.3 Å². The summed E-state index contributed by atoms with van der Waals surface area (Å²) in [4.78, 5) is 29.5. The van der Waals surface area contributed by atoms with Gasteiger partial charge in [0.15, 0.2) is 0 Å². The molecule has 3 heterocycles. The van der Waals surface area contributed by atoms with E-state index in [2.05, 4.69) is 4.90 Å². The maximum atomic E-state index is 12.7. The summed E-state index contributed by atoms with van der Waals surface area (Å²) in [5, 5.41) is 0. The number of cyclic esters (lactones) is 1. The van der Waals surface area contributed by atoms with Gasteiger partial charge in [0.05, 0.1) is 32.2 Å². The van der Waals surface area contributed by atoms with Crippen LogP contribution >= 0.6 is 0 Å². The SMILES string of the molecule is COc1ccc(CC(=O)N2CCC3(CC2)CC(CN2CCOCC2)OC3=O)cc1. The quantitative estimate of drug-likeness (QED) is 0.696. The van der Waals surface area contributed by atoms with Crippen LogP contribution in [0.1, 0.15) is 24.8 Å². The van der Waals surface area contributed by atoms with E-state index in [0.29, 0.717) is 32.4 Å². The highest BCUT2D eigenvalue weighted by Gasteiger charge is 2.51. The van der Waals surface area contributed by atoms with Gasteiger partial charge in [-0.15, -0.1) is 0 Å². The lowest BCUT2D eigenvalue weighted by atomic mass is 9.76. The lowest BCUT2D eigenvalue weighted by Gasteiger charge is -2.36. The first kappa shape index (κ1) is 20.2. The van der Waals surface area contributed by atoms with Crippen LogP contribution in [0.15, 0.2) is 24.3 Å². The van der Waals surface area contributed by atoms with Gasteiger partial charge >= 0.3 is 5.97 Å². The Morgan fingerprint density at radius 1 is 1.14 bits per heavy atom. The Bertz CT molecular complexity index is 721. The maximum Gasteiger partial charge on any atom is 0.312 e. The van der Waals surface area contributed by atoms with Crippen molar-refractivity contribution in [3.05, 3.63) is 29.8 Å². The normalized spacial score (nSPS) is 24.5. The third-order valence-electron chi connectivity index (χ3n) is 6.48. The number of benzene rings is 1. The molecule has 7 heteroatoms. The molecule has 0 aromatic heterocycles. The summed E-state index contributed by atoms with van der Waals surface area (Å²) in [6.45, 7) is 5.32. The molecule has 0 aliphatic carbocycles. The van der Waals surface area contributed by atoms with Crippen LogP contribution in [0.3, 0.4) is 0 Å². The molecule has 29 heavy (non-hydrogen) atoms. The van der Waals surface area contributed by atoms with Gasteiger partial charge < -0.3 is 19.1 Å². The molecular weight excluding hydrogens is 372 g/mol. The predicted molar refractivity (Wildman–Crippen MR) is 107 cm³/mol. The number of piperidine rings is 1. The molecule has 1 spiro atoms. The molecule has 1 amide bonds. The van der Waals surface area contributed by atoms with Crippen LogP contribution < -0.4 is 4.74 Å². The van der Waals surface area contributed by atoms with Crippen LogP contribution in [0, 0.1) is 5.41 Å². The number of amides is 1. The Morgan fingerprint density at radius 3 is 2.48 bits per heavy atom. The van der Waals surface area contributed by atoms with E-state index in [1.165, 1.54) is 0 Å². The van der Waals surface area contributed by atoms with Crippen LogP contribution in [-0.4, -0.2) is 80.8 Å². The fraction of sp³-hybridized carbons (Fsp3) is 0.636. The van der Waals surface area contributed by atoms with Gasteiger partial charge in [-0.2, -0.15) is 0 Å². The first-order chi connectivity index (χ1) is 14.1. The molecule has 3 saturated heterocycles. The fourth-order valence-electron chi connectivity index (χ4n) is 4.63. The number of ether oxygens (including phenoxy) is 3. The van der Waals surface area contributed by atoms with Gasteiger partial charge in [0.1, 0.15) is 11.9 Å². The van der Waals surface area contributed by atoms with E-state index in [-0.39, 0.29) is 18.0 Å². The minimum atomic E-state index is -0.409. The lowest BCUT2D eigenvalue weighted by Crippen LogP contribution is -2.45. The van der Waals surface area contributed by atoms with E-state index in [0.717, 1.165) is 50.6 Å². The highest BCUT2D eigenvalue weighted by atomic mass is 16.6. The second-order valence-electron chi connectivity index (χ2n) is 8.33. The third kappa shape index (κ3) is 4.56. The van der Waals surface area contributed by atoms with E-state index in [1.807, 2.05) is 29.2 Å². The van der Waals surface area contributed by atoms with Gasteiger partial charge in [-0.25, -0.2) is 0 Å². The Kier molecular flexibility index (Phi) is 6.06. The van der Waals surface area contributed by atoms with Crippen molar-refractivity contribution in [3.63, 3.8) is 0 Å². The van der Waals surface area contributed by atoms with Crippen LogP contribution in [-0.2, 0) is 25.5 Å². The molecule has 7 nitrogen and oxygen atoms in total. The molecule has 0 saturated carbocycles. The van der Waals surface area contributed by atoms with Gasteiger partial charge in [0.25, 0.3) is 0 Å². The number of nitrogens with zero attached hydrogens (tertiary/aromatic N) is 2. The number of carbonyl (C=O) groups excluding carboxylic acids is 2. The monoisotopic (exact) mass is 402 g/mol. The number of hydrogen-bond acceptors (Lipinski definition) is 6. The molecule has 0 bridgehead atoms. The maximum absolute atomic E-state index is 12.7. The highest BCUT2D eigenvalue weighted by molar-refractivity contribution is 5.81. The second kappa shape index (κ2) is 8.71. The molecule has 0 N–H and O–H groups in total. The summed E-state index contributed by atoms with van der Waals surface area (Å²) in [6.07, 6.45) is 2.49. The molecule has 158 valence electrons. The number of carbonyl (C=O) groups is 2. The van der Waals surface area contributed by atoms with Crippen LogP contribution in [0.5, 0.6) is 5.75 Å². The standard InChI is InChI=1S/C22H30N2O5/c1-27-18-4-2-17(3-5-18)14-20(25)24-8-6-22(7-9-24)15-19(29-21(22)26)16-23-10-12-28-13-11-23/h2-5,19H,6-16H2,1H3. The molecule has 1 aromatic rings. The molecule has 3 aliphatic heterocycles. The van der Waals surface area contributed by atoms with E-state index in [4.69, 9.17) is 14.2 Å². The van der Waals surface area contributed by atoms with E-state index >= 15 is 0 Å². The summed E-state index contributed by atoms with van der Waals surface area (Å²) in [5.74, 6) is 0.826. The zero-order valence-electron chi connectivity index (χ0n) is 17.1. The predicted octanol–water partition coefficient (Wildman–Crippen LogP) is 1.49. The van der Waals surface area contributed by atoms with Crippen molar-refractivity contribution >= 4 is 11.9 Å². The zero-order chi connectivity index (χ0) is 20.3. The van der Waals surface area contributed by atoms with Gasteiger partial charge in [-0.05, 0) is 30.5 Å². The van der Waals surface area contributed by atoms with Gasteiger partial charge in [-0.3, -0.25) is 14.5 Å². The van der Waals surface area contributed by atoms with Crippen molar-refractivity contribution in [3.8, 4) is 5.75 Å². The first-order valence-corrected chi connectivity index (χ1v) is 10.5. The summed E-state index contributed by atoms with van der Waals surface area (Å²) in [5.41, 5.74) is 0.565. The Hall–Kier alpha value is -2.12. The number of methoxy groups -OCH3 is 1. The van der Waals surface area contributed by atoms with Gasteiger partial charge in [0.2, 0.25) is 5.91 Å². The van der Waals surface area contributed by atoms with Gasteiger partial charge in [0, 0.05) is 39.1 Å². The Balaban J connectivity index is 1.28. The van der Waals surface area contributed by atoms with Crippen molar-refractivity contribution in [1.29, 1.82) is 0 Å². The molecule has 1 unspecified atom stereocenters. The second-order valence-corrected chi connectivity index (χ2v) is 8.33. The number of morpholine rings is 1. The zero-order valence-corrected chi connectivity index (χ0v) is 17.1. The largest absolute Gasteiger partial charge is 0.497 e. The minimum absolute atomic E-state index is 0.0397. The fourth-order valence-corrected chi connectivity index (χ4v) is 4.63. The van der Waals surface area contributed by atoms with Crippen molar-refractivity contribution in [2.24, 2.45) is 5.41 Å². The highest BCUT2D eigenvalue weighted by Crippen LogP contribution is 2.43. The van der Waals surface area contributed by atoms with E-state index in [1.54, 1.807) is 7.11 Å². The molecule has 0 radical (unpaired) electrons. The Morgan fingerprint density at radius 2 is 1.83 bits per heavy atom. The van der Waals surface area contributed by atoms with Crippen LogP contribution in [0.4, 0.5) is 0 Å². The number of hydrogen-bond donors (Lipinski definition) is 0. The molecule has 1 aromatic carbocycles. The summed E-state index contributed by atoms with van der Waals surface area (Å²) in [7, 11) is 1.63. The van der Waals surface area contributed by atoms with Crippen LogP contribution in [0.2, 0.25) is 0 Å². The third-order valence-corrected chi connectivity index (χ3v) is 6.48. The van der Waals surface area contributed by atoms with Gasteiger partial charge in [-0.1, -0.05) is 12.1 Å². The molecular formula is C22H30N2O5. The summed E-state index contributed by atoms with van der Waals surface area (Å²) >= 11 is 0. The number of rotatable bonds is 5. The van der Waals surface area contributed by atoms with Crippen molar-refractivity contribution in [1.82, 2.24) is 9.80 Å². The van der Waals surface area contributed by atoms with Crippen molar-refractivity contribution in [2.45, 2.75) is 31.8 Å². The Labute approximate surface area is 171 Å². The summed E-state index contributed by atoms with van der Waals surface area (Å²) in [6, 6.07) is 7.59. The first-order valence-electron chi connectivity index (χ1n) is 10.5. The smallest absolute Gasteiger partial charge is 0.312 e. The van der Waals surface area contributed by atoms with Crippen molar-refractivity contribution < 1.29 is 23.8 Å². The summed E-state index contributed by atoms with van der Waals surface area (Å²) < 4.78 is 16.3. The van der Waals surface area contributed by atoms with E-state index in [9.17, 15) is 9.59 Å².